The number of rotatable bonds is 5. The van der Waals surface area contributed by atoms with E-state index in [1.807, 2.05) is 30.3 Å². The van der Waals surface area contributed by atoms with Crippen molar-refractivity contribution < 1.29 is 23.8 Å². The van der Waals surface area contributed by atoms with E-state index < -0.39 is 35.9 Å². The Morgan fingerprint density at radius 1 is 1.30 bits per heavy atom. The molecule has 27 heavy (non-hydrogen) atoms. The maximum Gasteiger partial charge on any atom is 0.411 e. The van der Waals surface area contributed by atoms with Gasteiger partial charge in [0.1, 0.15) is 12.2 Å². The maximum atomic E-state index is 12.7. The Balaban J connectivity index is 2.20. The van der Waals surface area contributed by atoms with Crippen LogP contribution in [0, 0.1) is 0 Å². The van der Waals surface area contributed by atoms with Crippen LogP contribution < -0.4 is 0 Å². The van der Waals surface area contributed by atoms with E-state index in [0.29, 0.717) is 0 Å². The molecule has 0 aliphatic carbocycles. The van der Waals surface area contributed by atoms with Crippen molar-refractivity contribution in [3.05, 3.63) is 46.3 Å². The summed E-state index contributed by atoms with van der Waals surface area (Å²) in [7, 11) is 1.39. The smallest absolute Gasteiger partial charge is 0.411 e. The number of carbonyl (C=O) groups excluding carboxylic acids is 2. The molecule has 0 bridgehead atoms. The number of esters is 1. The molecule has 1 aromatic rings. The average Bonchev–Trinajstić information content (AvgIpc) is 2.98. The first-order valence-corrected chi connectivity index (χ1v) is 8.54. The molecule has 1 amide bonds. The second-order valence-corrected chi connectivity index (χ2v) is 7.14. The standard InChI is InChI=1S/C18H24N4O5/c1-18(2,3)27-17(24)22-10-13(20-21-19)15(25-4)14(22)16(23)26-11-12-8-6-5-7-9-12/h5-9,13-15H,10-11H2,1-4H3/t13-,14+,15+/m1/s1. The number of benzene rings is 1. The summed E-state index contributed by atoms with van der Waals surface area (Å²) in [6.45, 7) is 5.23. The Bertz CT molecular complexity index is 712. The van der Waals surface area contributed by atoms with E-state index >= 15 is 0 Å². The molecule has 0 N–H and O–H groups in total. The van der Waals surface area contributed by atoms with Crippen molar-refractivity contribution >= 4 is 12.1 Å². The number of hydrogen-bond donors (Lipinski definition) is 0. The van der Waals surface area contributed by atoms with Crippen LogP contribution >= 0.6 is 0 Å². The molecule has 1 heterocycles. The highest BCUT2D eigenvalue weighted by atomic mass is 16.6. The van der Waals surface area contributed by atoms with Crippen LogP contribution in [0.4, 0.5) is 4.79 Å². The number of azide groups is 1. The molecule has 0 radical (unpaired) electrons. The zero-order chi connectivity index (χ0) is 20.0. The zero-order valence-electron chi connectivity index (χ0n) is 15.9. The number of amides is 1. The topological polar surface area (TPSA) is 114 Å². The third-order valence-corrected chi connectivity index (χ3v) is 3.98. The zero-order valence-corrected chi connectivity index (χ0v) is 15.9. The van der Waals surface area contributed by atoms with Crippen LogP contribution in [0.15, 0.2) is 35.4 Å². The first-order chi connectivity index (χ1) is 12.8. The molecular weight excluding hydrogens is 352 g/mol. The molecule has 1 saturated heterocycles. The van der Waals surface area contributed by atoms with Crippen LogP contribution in [0.1, 0.15) is 26.3 Å². The number of methoxy groups -OCH3 is 1. The highest BCUT2D eigenvalue weighted by Crippen LogP contribution is 2.27. The molecule has 9 heteroatoms. The van der Waals surface area contributed by atoms with Gasteiger partial charge in [-0.05, 0) is 31.9 Å². The number of likely N-dealkylation sites (tertiary alicyclic amines) is 1. The summed E-state index contributed by atoms with van der Waals surface area (Å²) >= 11 is 0. The first kappa shape index (κ1) is 20.5. The van der Waals surface area contributed by atoms with Gasteiger partial charge in [0, 0.05) is 18.6 Å². The summed E-state index contributed by atoms with van der Waals surface area (Å²) in [6, 6.07) is 7.39. The lowest BCUT2D eigenvalue weighted by atomic mass is 10.1. The largest absolute Gasteiger partial charge is 0.459 e. The van der Waals surface area contributed by atoms with E-state index in [-0.39, 0.29) is 13.2 Å². The van der Waals surface area contributed by atoms with Gasteiger partial charge in [-0.3, -0.25) is 4.90 Å². The summed E-state index contributed by atoms with van der Waals surface area (Å²) in [5.74, 6) is -0.646. The van der Waals surface area contributed by atoms with Crippen molar-refractivity contribution in [2.24, 2.45) is 5.11 Å². The van der Waals surface area contributed by atoms with E-state index in [1.165, 1.54) is 12.0 Å². The molecular formula is C18H24N4O5. The van der Waals surface area contributed by atoms with Gasteiger partial charge >= 0.3 is 12.1 Å². The molecule has 0 spiro atoms. The lowest BCUT2D eigenvalue weighted by molar-refractivity contribution is -0.153. The van der Waals surface area contributed by atoms with Gasteiger partial charge in [-0.25, -0.2) is 9.59 Å². The molecule has 3 atom stereocenters. The average molecular weight is 376 g/mol. The van der Waals surface area contributed by atoms with Gasteiger partial charge in [0.2, 0.25) is 0 Å². The van der Waals surface area contributed by atoms with Gasteiger partial charge in [0.15, 0.2) is 6.04 Å². The van der Waals surface area contributed by atoms with Crippen LogP contribution in [-0.2, 0) is 25.6 Å². The lowest BCUT2D eigenvalue weighted by Gasteiger charge is -2.28. The van der Waals surface area contributed by atoms with Gasteiger partial charge in [-0.2, -0.15) is 0 Å². The molecule has 0 unspecified atom stereocenters. The van der Waals surface area contributed by atoms with Crippen LogP contribution in [-0.4, -0.2) is 54.4 Å². The predicted octanol–water partition coefficient (Wildman–Crippen LogP) is 3.04. The molecule has 1 aliphatic rings. The van der Waals surface area contributed by atoms with Crippen molar-refractivity contribution in [3.63, 3.8) is 0 Å². The molecule has 1 aromatic carbocycles. The lowest BCUT2D eigenvalue weighted by Crippen LogP contribution is -2.48. The minimum Gasteiger partial charge on any atom is -0.459 e. The van der Waals surface area contributed by atoms with Crippen LogP contribution in [0.25, 0.3) is 10.4 Å². The van der Waals surface area contributed by atoms with Crippen LogP contribution in [0.5, 0.6) is 0 Å². The minimum atomic E-state index is -1.07. The quantitative estimate of drug-likeness (QED) is 0.339. The predicted molar refractivity (Wildman–Crippen MR) is 96.7 cm³/mol. The third kappa shape index (κ3) is 5.35. The highest BCUT2D eigenvalue weighted by Gasteiger charge is 2.50. The Morgan fingerprint density at radius 2 is 1.96 bits per heavy atom. The molecule has 0 saturated carbocycles. The fraction of sp³-hybridized carbons (Fsp3) is 0.556. The molecule has 1 fully saturated rings. The van der Waals surface area contributed by atoms with Crippen molar-refractivity contribution in [2.45, 2.75) is 51.2 Å². The number of ether oxygens (including phenoxy) is 3. The fourth-order valence-corrected chi connectivity index (χ4v) is 2.85. The first-order valence-electron chi connectivity index (χ1n) is 8.54. The maximum absolute atomic E-state index is 12.7. The summed E-state index contributed by atoms with van der Waals surface area (Å²) in [5.41, 5.74) is 8.85. The van der Waals surface area contributed by atoms with Crippen molar-refractivity contribution in [3.8, 4) is 0 Å². The number of nitrogens with zero attached hydrogens (tertiary/aromatic N) is 4. The van der Waals surface area contributed by atoms with Gasteiger partial charge in [-0.1, -0.05) is 35.4 Å². The van der Waals surface area contributed by atoms with Gasteiger partial charge in [0.25, 0.3) is 0 Å². The molecule has 2 rings (SSSR count). The number of hydrogen-bond acceptors (Lipinski definition) is 6. The summed E-state index contributed by atoms with van der Waals surface area (Å²) in [4.78, 5) is 29.3. The number of carbonyl (C=O) groups is 2. The van der Waals surface area contributed by atoms with Crippen molar-refractivity contribution in [2.75, 3.05) is 13.7 Å². The Labute approximate surface area is 157 Å². The summed E-state index contributed by atoms with van der Waals surface area (Å²) < 4.78 is 16.1. The van der Waals surface area contributed by atoms with Crippen molar-refractivity contribution in [1.29, 1.82) is 0 Å². The van der Waals surface area contributed by atoms with Crippen molar-refractivity contribution in [1.82, 2.24) is 4.90 Å². The van der Waals surface area contributed by atoms with Crippen LogP contribution in [0.3, 0.4) is 0 Å². The van der Waals surface area contributed by atoms with E-state index in [2.05, 4.69) is 10.0 Å². The van der Waals surface area contributed by atoms with Gasteiger partial charge in [-0.15, -0.1) is 0 Å². The molecule has 0 aromatic heterocycles. The summed E-state index contributed by atoms with van der Waals surface area (Å²) in [5, 5.41) is 3.65. The van der Waals surface area contributed by atoms with E-state index in [1.54, 1.807) is 20.8 Å². The fourth-order valence-electron chi connectivity index (χ4n) is 2.85. The van der Waals surface area contributed by atoms with Gasteiger partial charge < -0.3 is 14.2 Å². The van der Waals surface area contributed by atoms with Gasteiger partial charge in [0.05, 0.1) is 12.1 Å². The Hall–Kier alpha value is -2.77. The molecule has 9 nitrogen and oxygen atoms in total. The SMILES string of the molecule is CO[C@@H]1[C@@H](C(=O)OCc2ccccc2)N(C(=O)OC(C)(C)C)C[C@H]1N=[N+]=[N-]. The Kier molecular flexibility index (Phi) is 6.65. The van der Waals surface area contributed by atoms with E-state index in [4.69, 9.17) is 19.7 Å². The van der Waals surface area contributed by atoms with E-state index in [9.17, 15) is 9.59 Å². The third-order valence-electron chi connectivity index (χ3n) is 3.98. The monoisotopic (exact) mass is 376 g/mol. The second kappa shape index (κ2) is 8.75. The second-order valence-electron chi connectivity index (χ2n) is 7.14. The highest BCUT2D eigenvalue weighted by molar-refractivity contribution is 5.83. The Morgan fingerprint density at radius 3 is 2.52 bits per heavy atom. The molecule has 146 valence electrons. The summed E-state index contributed by atoms with van der Waals surface area (Å²) in [6.07, 6.45) is -1.52. The molecule has 1 aliphatic heterocycles. The normalized spacial score (nSPS) is 22.1. The minimum absolute atomic E-state index is 0.00256. The van der Waals surface area contributed by atoms with E-state index in [0.717, 1.165) is 5.56 Å². The van der Waals surface area contributed by atoms with Crippen LogP contribution in [0.2, 0.25) is 0 Å².